The zero-order chi connectivity index (χ0) is 33.2. The van der Waals surface area contributed by atoms with Crippen LogP contribution < -0.4 is 5.69 Å². The van der Waals surface area contributed by atoms with Crippen LogP contribution in [-0.4, -0.2) is 63.2 Å². The van der Waals surface area contributed by atoms with E-state index in [1.165, 1.54) is 33.8 Å². The third-order valence-corrected chi connectivity index (χ3v) is 8.71. The van der Waals surface area contributed by atoms with Crippen LogP contribution in [0.5, 0.6) is 0 Å². The molecule has 0 radical (unpaired) electrons. The van der Waals surface area contributed by atoms with Gasteiger partial charge in [-0.2, -0.15) is 13.2 Å². The number of rotatable bonds is 8. The molecule has 0 bridgehead atoms. The Bertz CT molecular complexity index is 2090. The molecular weight excluding hydrogens is 662 g/mol. The standard InChI is InChI=1S/C31H22Cl2F3N7O4/c32-18-11-9-17(10-12-18)25-39-41(29(47)40(25)15-23(44)31(34,35)36)16-24-37-28(43(38-24)22-8-4-3-7-21(22)33)30(13-14-30)42-26(45)19-5-1-2-6-20(19)27(42)46/h1-12,23,44H,13-16H2/t23-/m0/s1. The molecule has 1 aliphatic carbocycles. The van der Waals surface area contributed by atoms with Crippen molar-refractivity contribution >= 4 is 35.0 Å². The molecule has 2 aliphatic rings. The number of amides is 2. The van der Waals surface area contributed by atoms with Crippen LogP contribution in [0, 0.1) is 0 Å². The Labute approximate surface area is 273 Å². The SMILES string of the molecule is O=C1c2ccccc2C(=O)N1C1(c2nc(Cn3nc(-c4ccc(Cl)cc4)n(C[C@H](O)C(F)(F)F)c3=O)nn2-c2ccccc2Cl)CC1. The maximum absolute atomic E-state index is 13.5. The van der Waals surface area contributed by atoms with Crippen molar-refractivity contribution in [3.05, 3.63) is 116 Å². The number of nitrogens with zero attached hydrogens (tertiary/aromatic N) is 7. The van der Waals surface area contributed by atoms with E-state index in [9.17, 15) is 32.7 Å². The maximum atomic E-state index is 13.5. The molecule has 0 unspecified atom stereocenters. The first-order valence-corrected chi connectivity index (χ1v) is 15.0. The molecule has 240 valence electrons. The van der Waals surface area contributed by atoms with Crippen LogP contribution in [0.2, 0.25) is 10.0 Å². The summed E-state index contributed by atoms with van der Waals surface area (Å²) in [5.74, 6) is -0.889. The molecule has 7 rings (SSSR count). The number of fused-ring (bicyclic) bond motifs is 1. The summed E-state index contributed by atoms with van der Waals surface area (Å²) in [6, 6.07) is 19.1. The first-order chi connectivity index (χ1) is 22.4. The Hall–Kier alpha value is -4.79. The molecule has 1 atom stereocenters. The third-order valence-electron chi connectivity index (χ3n) is 8.14. The minimum atomic E-state index is -4.99. The highest BCUT2D eigenvalue weighted by atomic mass is 35.5. The van der Waals surface area contributed by atoms with Crippen LogP contribution in [0.1, 0.15) is 45.2 Å². The van der Waals surface area contributed by atoms with Crippen molar-refractivity contribution in [2.75, 3.05) is 0 Å². The van der Waals surface area contributed by atoms with Crippen LogP contribution in [0.15, 0.2) is 77.6 Å². The summed E-state index contributed by atoms with van der Waals surface area (Å²) in [7, 11) is 0. The second-order valence-corrected chi connectivity index (χ2v) is 12.0. The molecule has 1 N–H and O–H groups in total. The van der Waals surface area contributed by atoms with Crippen LogP contribution in [-0.2, 0) is 18.6 Å². The molecule has 1 saturated carbocycles. The van der Waals surface area contributed by atoms with Gasteiger partial charge in [0.15, 0.2) is 23.6 Å². The van der Waals surface area contributed by atoms with E-state index >= 15 is 0 Å². The van der Waals surface area contributed by atoms with E-state index in [4.69, 9.17) is 23.2 Å². The van der Waals surface area contributed by atoms with Crippen molar-refractivity contribution in [1.82, 2.24) is 34.0 Å². The Morgan fingerprint density at radius 3 is 2.09 bits per heavy atom. The molecule has 16 heteroatoms. The lowest BCUT2D eigenvalue weighted by molar-refractivity contribution is -0.207. The number of carbonyl (C=O) groups excluding carboxylic acids is 2. The van der Waals surface area contributed by atoms with Crippen LogP contribution in [0.4, 0.5) is 13.2 Å². The normalized spacial score (nSPS) is 16.1. The van der Waals surface area contributed by atoms with Gasteiger partial charge in [0.1, 0.15) is 12.1 Å². The van der Waals surface area contributed by atoms with Gasteiger partial charge in [-0.05, 0) is 61.4 Å². The number of hydrogen-bond acceptors (Lipinski definition) is 7. The van der Waals surface area contributed by atoms with Gasteiger partial charge >= 0.3 is 11.9 Å². The molecule has 0 saturated heterocycles. The van der Waals surface area contributed by atoms with Crippen molar-refractivity contribution in [3.8, 4) is 17.1 Å². The van der Waals surface area contributed by atoms with E-state index in [2.05, 4.69) is 15.2 Å². The number of halogens is 5. The lowest BCUT2D eigenvalue weighted by Crippen LogP contribution is -2.41. The van der Waals surface area contributed by atoms with E-state index in [0.717, 1.165) is 4.68 Å². The van der Waals surface area contributed by atoms with E-state index in [-0.39, 0.29) is 39.2 Å². The van der Waals surface area contributed by atoms with Gasteiger partial charge < -0.3 is 5.11 Å². The van der Waals surface area contributed by atoms with E-state index < -0.39 is 48.4 Å². The third kappa shape index (κ3) is 5.22. The van der Waals surface area contributed by atoms with Gasteiger partial charge in [0, 0.05) is 10.6 Å². The van der Waals surface area contributed by atoms with Gasteiger partial charge in [-0.15, -0.1) is 10.2 Å². The number of benzene rings is 3. The number of aliphatic hydroxyl groups is 1. The van der Waals surface area contributed by atoms with Crippen molar-refractivity contribution in [2.45, 2.75) is 43.8 Å². The first kappa shape index (κ1) is 30.8. The number of aromatic nitrogens is 6. The smallest absolute Gasteiger partial charge is 0.382 e. The number of aliphatic hydroxyl groups excluding tert-OH is 1. The Kier molecular flexibility index (Phi) is 7.33. The fraction of sp³-hybridized carbons (Fsp3) is 0.226. The molecule has 0 spiro atoms. The molecule has 3 heterocycles. The van der Waals surface area contributed by atoms with Gasteiger partial charge in [-0.25, -0.2) is 19.1 Å². The van der Waals surface area contributed by atoms with Gasteiger partial charge in [0.05, 0.1) is 28.4 Å². The second kappa shape index (κ2) is 11.2. The average molecular weight is 684 g/mol. The monoisotopic (exact) mass is 683 g/mol. The lowest BCUT2D eigenvalue weighted by Gasteiger charge is -2.25. The fourth-order valence-corrected chi connectivity index (χ4v) is 6.03. The summed E-state index contributed by atoms with van der Waals surface area (Å²) < 4.78 is 43.0. The largest absolute Gasteiger partial charge is 0.416 e. The van der Waals surface area contributed by atoms with Gasteiger partial charge in [-0.3, -0.25) is 19.1 Å². The predicted molar refractivity (Wildman–Crippen MR) is 162 cm³/mol. The van der Waals surface area contributed by atoms with Crippen molar-refractivity contribution in [2.24, 2.45) is 0 Å². The van der Waals surface area contributed by atoms with E-state index in [1.54, 1.807) is 48.5 Å². The number of hydrogen-bond donors (Lipinski definition) is 1. The second-order valence-electron chi connectivity index (χ2n) is 11.2. The minimum Gasteiger partial charge on any atom is -0.382 e. The molecule has 47 heavy (non-hydrogen) atoms. The van der Waals surface area contributed by atoms with Crippen molar-refractivity contribution < 1.29 is 27.9 Å². The fourth-order valence-electron chi connectivity index (χ4n) is 5.69. The zero-order valence-electron chi connectivity index (χ0n) is 24.0. The highest BCUT2D eigenvalue weighted by Crippen LogP contribution is 2.53. The Morgan fingerprint density at radius 2 is 1.49 bits per heavy atom. The van der Waals surface area contributed by atoms with Crippen molar-refractivity contribution in [1.29, 1.82) is 0 Å². The molecular formula is C31H22Cl2F3N7O4. The number of alkyl halides is 3. The van der Waals surface area contributed by atoms with E-state index in [0.29, 0.717) is 28.1 Å². The summed E-state index contributed by atoms with van der Waals surface area (Å²) in [5.41, 5.74) is -0.944. The van der Waals surface area contributed by atoms with Crippen molar-refractivity contribution in [3.63, 3.8) is 0 Å². The van der Waals surface area contributed by atoms with Crippen LogP contribution >= 0.6 is 23.2 Å². The number of carbonyl (C=O) groups is 2. The number of imide groups is 1. The van der Waals surface area contributed by atoms with Gasteiger partial charge in [0.2, 0.25) is 0 Å². The van der Waals surface area contributed by atoms with Crippen LogP contribution in [0.25, 0.3) is 17.1 Å². The number of para-hydroxylation sites is 1. The molecule has 1 aliphatic heterocycles. The molecule has 3 aromatic carbocycles. The summed E-state index contributed by atoms with van der Waals surface area (Å²) in [5, 5.41) is 19.4. The minimum absolute atomic E-state index is 0.00794. The summed E-state index contributed by atoms with van der Waals surface area (Å²) in [4.78, 5) is 46.5. The first-order valence-electron chi connectivity index (χ1n) is 14.3. The van der Waals surface area contributed by atoms with Gasteiger partial charge in [0.25, 0.3) is 11.8 Å². The average Bonchev–Trinajstić information content (AvgIpc) is 3.53. The molecule has 1 fully saturated rings. The Balaban J connectivity index is 1.33. The molecule has 2 amide bonds. The maximum Gasteiger partial charge on any atom is 0.416 e. The topological polar surface area (TPSA) is 128 Å². The molecule has 5 aromatic rings. The Morgan fingerprint density at radius 1 is 0.872 bits per heavy atom. The summed E-state index contributed by atoms with van der Waals surface area (Å²) in [6.45, 7) is -1.52. The quantitative estimate of drug-likeness (QED) is 0.232. The molecule has 2 aromatic heterocycles. The van der Waals surface area contributed by atoms with E-state index in [1.807, 2.05) is 0 Å². The predicted octanol–water partition coefficient (Wildman–Crippen LogP) is 4.86. The summed E-state index contributed by atoms with van der Waals surface area (Å²) in [6.07, 6.45) is -7.08. The zero-order valence-corrected chi connectivity index (χ0v) is 25.5. The molecule has 11 nitrogen and oxygen atoms in total. The lowest BCUT2D eigenvalue weighted by atomic mass is 10.1. The van der Waals surface area contributed by atoms with Crippen LogP contribution in [0.3, 0.4) is 0 Å². The highest BCUT2D eigenvalue weighted by Gasteiger charge is 2.60. The highest BCUT2D eigenvalue weighted by molar-refractivity contribution is 6.32. The summed E-state index contributed by atoms with van der Waals surface area (Å²) >= 11 is 12.5. The van der Waals surface area contributed by atoms with Gasteiger partial charge in [-0.1, -0.05) is 47.5 Å².